The zero-order valence-corrected chi connectivity index (χ0v) is 15.8. The summed E-state index contributed by atoms with van der Waals surface area (Å²) in [5, 5.41) is 2.92. The van der Waals surface area contributed by atoms with E-state index in [0.717, 1.165) is 32.2 Å². The topological polar surface area (TPSA) is 69.7 Å². The van der Waals surface area contributed by atoms with Crippen molar-refractivity contribution in [2.75, 3.05) is 13.1 Å². The number of carbonyl (C=O) groups excluding carboxylic acids is 3. The molecule has 1 N–H and O–H groups in total. The van der Waals surface area contributed by atoms with E-state index >= 15 is 0 Å². The number of amides is 4. The van der Waals surface area contributed by atoms with Crippen molar-refractivity contribution in [2.45, 2.75) is 82.7 Å². The maximum absolute atomic E-state index is 13.0. The summed E-state index contributed by atoms with van der Waals surface area (Å²) in [5.74, 6) is 0.972. The monoisotopic (exact) mass is 361 g/mol. The van der Waals surface area contributed by atoms with E-state index in [0.29, 0.717) is 30.7 Å². The second-order valence-corrected chi connectivity index (χ2v) is 8.93. The van der Waals surface area contributed by atoms with Gasteiger partial charge in [-0.05, 0) is 63.2 Å². The average molecular weight is 361 g/mol. The molecule has 144 valence electrons. The summed E-state index contributed by atoms with van der Waals surface area (Å²) in [4.78, 5) is 41.6. The molecule has 2 saturated heterocycles. The van der Waals surface area contributed by atoms with Crippen molar-refractivity contribution in [3.63, 3.8) is 0 Å². The van der Waals surface area contributed by atoms with Gasteiger partial charge in [-0.3, -0.25) is 14.5 Å². The van der Waals surface area contributed by atoms with Crippen molar-refractivity contribution in [3.05, 3.63) is 0 Å². The van der Waals surface area contributed by atoms with E-state index in [1.54, 1.807) is 0 Å². The first-order valence-corrected chi connectivity index (χ1v) is 10.4. The van der Waals surface area contributed by atoms with Gasteiger partial charge in [0.2, 0.25) is 5.91 Å². The van der Waals surface area contributed by atoms with Gasteiger partial charge in [0.1, 0.15) is 12.1 Å². The van der Waals surface area contributed by atoms with Crippen LogP contribution < -0.4 is 5.32 Å². The van der Waals surface area contributed by atoms with Crippen LogP contribution in [0.1, 0.15) is 71.1 Å². The zero-order valence-electron chi connectivity index (χ0n) is 15.8. The predicted molar refractivity (Wildman–Crippen MR) is 97.3 cm³/mol. The molecule has 0 aromatic heterocycles. The average Bonchev–Trinajstić information content (AvgIpc) is 2.88. The number of piperidine rings is 1. The normalized spacial score (nSPS) is 37.7. The van der Waals surface area contributed by atoms with Gasteiger partial charge in [0.05, 0.1) is 0 Å². The number of fused-ring (bicyclic) bond motifs is 1. The Morgan fingerprint density at radius 3 is 2.54 bits per heavy atom. The summed E-state index contributed by atoms with van der Waals surface area (Å²) in [6.45, 7) is 2.86. The number of hydrogen-bond acceptors (Lipinski definition) is 3. The molecule has 6 heteroatoms. The lowest BCUT2D eigenvalue weighted by Crippen LogP contribution is -2.53. The molecular formula is C20H31N3O3. The van der Waals surface area contributed by atoms with Gasteiger partial charge in [0.15, 0.2) is 0 Å². The number of likely N-dealkylation sites (tertiary alicyclic amines) is 1. The first-order chi connectivity index (χ1) is 12.5. The van der Waals surface area contributed by atoms with Gasteiger partial charge in [0, 0.05) is 12.6 Å². The van der Waals surface area contributed by atoms with E-state index in [1.165, 1.54) is 30.6 Å². The molecular weight excluding hydrogens is 330 g/mol. The molecule has 4 aliphatic rings. The molecule has 0 bridgehead atoms. The minimum atomic E-state index is -0.751. The highest BCUT2D eigenvalue weighted by atomic mass is 16.2. The molecule has 6 nitrogen and oxygen atoms in total. The third-order valence-electron chi connectivity index (χ3n) is 7.23. The third-order valence-corrected chi connectivity index (χ3v) is 7.23. The fourth-order valence-electron chi connectivity index (χ4n) is 5.57. The molecule has 0 aromatic carbocycles. The quantitative estimate of drug-likeness (QED) is 0.769. The number of nitrogens with one attached hydrogen (secondary N) is 1. The lowest BCUT2D eigenvalue weighted by atomic mass is 9.77. The van der Waals surface area contributed by atoms with E-state index in [2.05, 4.69) is 12.2 Å². The van der Waals surface area contributed by atoms with Crippen LogP contribution in [0.3, 0.4) is 0 Å². The maximum Gasteiger partial charge on any atom is 0.325 e. The fraction of sp³-hybridized carbons (Fsp3) is 0.850. The van der Waals surface area contributed by atoms with Crippen molar-refractivity contribution in [1.82, 2.24) is 15.1 Å². The van der Waals surface area contributed by atoms with Crippen LogP contribution in [0.4, 0.5) is 4.79 Å². The SMILES string of the molecule is CC1CCC2(CC1)NC(=O)N(CC(=O)N1CCC[C@H]3CCCC[C@H]31)C2=O. The van der Waals surface area contributed by atoms with Crippen LogP contribution in [0.5, 0.6) is 0 Å². The van der Waals surface area contributed by atoms with Crippen LogP contribution in [-0.2, 0) is 9.59 Å². The Balaban J connectivity index is 1.44. The van der Waals surface area contributed by atoms with Crippen molar-refractivity contribution >= 4 is 17.8 Å². The standard InChI is InChI=1S/C20H31N3O3/c1-14-8-10-20(11-9-14)18(25)23(19(26)21-20)13-17(24)22-12-4-6-15-5-2-3-7-16(15)22/h14-16H,2-13H2,1H3,(H,21,26)/t14?,15-,16-,20?/m1/s1. The summed E-state index contributed by atoms with van der Waals surface area (Å²) >= 11 is 0. The molecule has 0 radical (unpaired) electrons. The van der Waals surface area contributed by atoms with Gasteiger partial charge in [-0.2, -0.15) is 0 Å². The molecule has 2 aliphatic carbocycles. The van der Waals surface area contributed by atoms with E-state index in [1.807, 2.05) is 4.90 Å². The number of urea groups is 1. The van der Waals surface area contributed by atoms with Crippen LogP contribution in [0.2, 0.25) is 0 Å². The van der Waals surface area contributed by atoms with Crippen LogP contribution >= 0.6 is 0 Å². The Hall–Kier alpha value is -1.59. The lowest BCUT2D eigenvalue weighted by molar-refractivity contribution is -0.143. The second kappa shape index (κ2) is 6.86. The Kier molecular flexibility index (Phi) is 4.70. The molecule has 4 amide bonds. The van der Waals surface area contributed by atoms with Gasteiger partial charge < -0.3 is 10.2 Å². The highest BCUT2D eigenvalue weighted by Gasteiger charge is 2.52. The highest BCUT2D eigenvalue weighted by Crippen LogP contribution is 2.37. The minimum Gasteiger partial charge on any atom is -0.338 e. The molecule has 4 rings (SSSR count). The molecule has 0 unspecified atom stereocenters. The lowest BCUT2D eigenvalue weighted by Gasteiger charge is -2.44. The first-order valence-electron chi connectivity index (χ1n) is 10.4. The molecule has 0 aromatic rings. The zero-order chi connectivity index (χ0) is 18.3. The minimum absolute atomic E-state index is 0.0497. The predicted octanol–water partition coefficient (Wildman–Crippen LogP) is 2.67. The Morgan fingerprint density at radius 1 is 1.08 bits per heavy atom. The molecule has 2 heterocycles. The van der Waals surface area contributed by atoms with Crippen molar-refractivity contribution in [2.24, 2.45) is 11.8 Å². The number of imide groups is 1. The van der Waals surface area contributed by atoms with E-state index in [-0.39, 0.29) is 24.4 Å². The Labute approximate surface area is 155 Å². The maximum atomic E-state index is 13.0. The second-order valence-electron chi connectivity index (χ2n) is 8.93. The van der Waals surface area contributed by atoms with Gasteiger partial charge in [-0.25, -0.2) is 4.79 Å². The van der Waals surface area contributed by atoms with Crippen LogP contribution in [0.15, 0.2) is 0 Å². The third kappa shape index (κ3) is 3.01. The van der Waals surface area contributed by atoms with Gasteiger partial charge in [-0.1, -0.05) is 19.8 Å². The van der Waals surface area contributed by atoms with Crippen LogP contribution in [0.25, 0.3) is 0 Å². The van der Waals surface area contributed by atoms with Crippen LogP contribution in [-0.4, -0.2) is 52.3 Å². The molecule has 1 spiro atoms. The Morgan fingerprint density at radius 2 is 1.77 bits per heavy atom. The van der Waals surface area contributed by atoms with Crippen molar-refractivity contribution in [3.8, 4) is 0 Å². The molecule has 4 fully saturated rings. The number of nitrogens with zero attached hydrogens (tertiary/aromatic N) is 2. The molecule has 2 saturated carbocycles. The van der Waals surface area contributed by atoms with Crippen molar-refractivity contribution in [1.29, 1.82) is 0 Å². The largest absolute Gasteiger partial charge is 0.338 e. The summed E-state index contributed by atoms with van der Waals surface area (Å²) in [6.07, 6.45) is 10.2. The smallest absolute Gasteiger partial charge is 0.325 e. The molecule has 2 aliphatic heterocycles. The van der Waals surface area contributed by atoms with Crippen LogP contribution in [0, 0.1) is 11.8 Å². The summed E-state index contributed by atoms with van der Waals surface area (Å²) in [6, 6.07) is -0.0645. The number of carbonyl (C=O) groups is 3. The molecule has 26 heavy (non-hydrogen) atoms. The number of rotatable bonds is 2. The van der Waals surface area contributed by atoms with Gasteiger partial charge >= 0.3 is 6.03 Å². The number of hydrogen-bond donors (Lipinski definition) is 1. The summed E-state index contributed by atoms with van der Waals surface area (Å²) in [7, 11) is 0. The van der Waals surface area contributed by atoms with Crippen molar-refractivity contribution < 1.29 is 14.4 Å². The fourth-order valence-corrected chi connectivity index (χ4v) is 5.57. The van der Waals surface area contributed by atoms with E-state index in [4.69, 9.17) is 0 Å². The summed E-state index contributed by atoms with van der Waals surface area (Å²) < 4.78 is 0. The van der Waals surface area contributed by atoms with Gasteiger partial charge in [0.25, 0.3) is 5.91 Å². The van der Waals surface area contributed by atoms with E-state index in [9.17, 15) is 14.4 Å². The summed E-state index contributed by atoms with van der Waals surface area (Å²) in [5.41, 5.74) is -0.751. The first kappa shape index (κ1) is 17.8. The highest BCUT2D eigenvalue weighted by molar-refractivity contribution is 6.09. The Bertz CT molecular complexity index is 595. The van der Waals surface area contributed by atoms with Gasteiger partial charge in [-0.15, -0.1) is 0 Å². The molecule has 2 atom stereocenters. The van der Waals surface area contributed by atoms with E-state index < -0.39 is 5.54 Å².